The number of ether oxygens (including phenoxy) is 2. The van der Waals surface area contributed by atoms with Gasteiger partial charge in [-0.2, -0.15) is 0 Å². The predicted molar refractivity (Wildman–Crippen MR) is 88.9 cm³/mol. The van der Waals surface area contributed by atoms with Crippen LogP contribution < -0.4 is 9.47 Å². The van der Waals surface area contributed by atoms with E-state index in [2.05, 4.69) is 12.1 Å². The summed E-state index contributed by atoms with van der Waals surface area (Å²) in [6.07, 6.45) is 9.55. The first-order chi connectivity index (χ1) is 11.6. The Balaban J connectivity index is 1.51. The second-order valence-corrected chi connectivity index (χ2v) is 8.26. The SMILES string of the molecule is OC12CCCCC1Cc1cc3c(cc1O2)CC1CCCCC1(O)O3. The lowest BCUT2D eigenvalue weighted by Crippen LogP contribution is -2.50. The second-order valence-electron chi connectivity index (χ2n) is 8.26. The van der Waals surface area contributed by atoms with Crippen molar-refractivity contribution in [3.05, 3.63) is 23.3 Å². The van der Waals surface area contributed by atoms with Crippen LogP contribution >= 0.6 is 0 Å². The molecule has 0 spiro atoms. The molecular formula is C20H26O4. The van der Waals surface area contributed by atoms with Crippen molar-refractivity contribution >= 4 is 0 Å². The zero-order chi connectivity index (χ0) is 16.4. The van der Waals surface area contributed by atoms with E-state index in [4.69, 9.17) is 9.47 Å². The molecule has 2 aliphatic heterocycles. The molecule has 2 N–H and O–H groups in total. The molecular weight excluding hydrogens is 304 g/mol. The van der Waals surface area contributed by atoms with Gasteiger partial charge in [0.05, 0.1) is 0 Å². The van der Waals surface area contributed by atoms with Gasteiger partial charge in [0.25, 0.3) is 0 Å². The van der Waals surface area contributed by atoms with Crippen LogP contribution in [0.25, 0.3) is 0 Å². The van der Waals surface area contributed by atoms with Gasteiger partial charge in [-0.1, -0.05) is 12.8 Å². The Kier molecular flexibility index (Phi) is 3.21. The minimum atomic E-state index is -0.986. The molecule has 4 unspecified atom stereocenters. The molecule has 0 aromatic heterocycles. The molecule has 4 aliphatic rings. The summed E-state index contributed by atoms with van der Waals surface area (Å²) in [7, 11) is 0. The Morgan fingerprint density at radius 3 is 1.67 bits per heavy atom. The lowest BCUT2D eigenvalue weighted by Gasteiger charge is -2.46. The molecule has 130 valence electrons. The minimum absolute atomic E-state index is 0.172. The van der Waals surface area contributed by atoms with E-state index >= 15 is 0 Å². The lowest BCUT2D eigenvalue weighted by molar-refractivity contribution is -0.208. The van der Waals surface area contributed by atoms with Crippen LogP contribution in [0.15, 0.2) is 12.1 Å². The average Bonchev–Trinajstić information content (AvgIpc) is 2.55. The van der Waals surface area contributed by atoms with E-state index < -0.39 is 11.6 Å². The number of rotatable bonds is 0. The summed E-state index contributed by atoms with van der Waals surface area (Å²) >= 11 is 0. The summed E-state index contributed by atoms with van der Waals surface area (Å²) in [6.45, 7) is 0. The highest BCUT2D eigenvalue weighted by Gasteiger charge is 2.47. The Morgan fingerprint density at radius 2 is 1.21 bits per heavy atom. The van der Waals surface area contributed by atoms with Gasteiger partial charge >= 0.3 is 0 Å². The van der Waals surface area contributed by atoms with E-state index in [9.17, 15) is 10.2 Å². The van der Waals surface area contributed by atoms with E-state index in [0.717, 1.165) is 86.8 Å². The molecule has 24 heavy (non-hydrogen) atoms. The van der Waals surface area contributed by atoms with Crippen LogP contribution in [-0.2, 0) is 12.8 Å². The first kappa shape index (κ1) is 15.0. The van der Waals surface area contributed by atoms with E-state index in [1.54, 1.807) is 0 Å². The summed E-state index contributed by atoms with van der Waals surface area (Å²) in [5.74, 6) is 0.0107. The molecule has 1 aromatic rings. The predicted octanol–water partition coefficient (Wildman–Crippen LogP) is 3.31. The van der Waals surface area contributed by atoms with Crippen molar-refractivity contribution in [1.82, 2.24) is 0 Å². The van der Waals surface area contributed by atoms with Gasteiger partial charge in [-0.3, -0.25) is 0 Å². The molecule has 2 fully saturated rings. The van der Waals surface area contributed by atoms with E-state index in [-0.39, 0.29) is 11.8 Å². The molecule has 4 nitrogen and oxygen atoms in total. The fourth-order valence-electron chi connectivity index (χ4n) is 5.25. The molecule has 0 amide bonds. The molecule has 5 rings (SSSR count). The summed E-state index contributed by atoms with van der Waals surface area (Å²) in [4.78, 5) is 0. The third kappa shape index (κ3) is 2.19. The first-order valence-electron chi connectivity index (χ1n) is 9.54. The molecule has 0 saturated heterocycles. The van der Waals surface area contributed by atoms with Crippen molar-refractivity contribution in [2.24, 2.45) is 11.8 Å². The number of hydrogen-bond donors (Lipinski definition) is 2. The van der Waals surface area contributed by atoms with Crippen molar-refractivity contribution < 1.29 is 19.7 Å². The lowest BCUT2D eigenvalue weighted by atomic mass is 9.75. The third-order valence-electron chi connectivity index (χ3n) is 6.70. The van der Waals surface area contributed by atoms with Crippen molar-refractivity contribution in [3.8, 4) is 11.5 Å². The van der Waals surface area contributed by atoms with E-state index in [1.165, 1.54) is 0 Å². The number of fused-ring (bicyclic) bond motifs is 4. The minimum Gasteiger partial charge on any atom is -0.462 e. The Labute approximate surface area is 142 Å². The van der Waals surface area contributed by atoms with Crippen LogP contribution in [-0.4, -0.2) is 21.8 Å². The standard InChI is InChI=1S/C20H26O4/c21-19-7-3-1-5-15(19)9-13-11-18-14(12-17(13)23-19)10-16-6-2-4-8-20(16,22)24-18/h11-12,15-16,21-22H,1-10H2. The fourth-order valence-corrected chi connectivity index (χ4v) is 5.25. The van der Waals surface area contributed by atoms with Gasteiger partial charge < -0.3 is 19.7 Å². The Bertz CT molecular complexity index is 614. The maximum absolute atomic E-state index is 10.9. The number of benzene rings is 1. The molecule has 2 saturated carbocycles. The Morgan fingerprint density at radius 1 is 0.750 bits per heavy atom. The number of hydrogen-bond acceptors (Lipinski definition) is 4. The van der Waals surface area contributed by atoms with E-state index in [1.807, 2.05) is 0 Å². The molecule has 4 heteroatoms. The maximum atomic E-state index is 10.9. The summed E-state index contributed by atoms with van der Waals surface area (Å²) < 4.78 is 12.2. The third-order valence-corrected chi connectivity index (χ3v) is 6.70. The maximum Gasteiger partial charge on any atom is 0.211 e. The monoisotopic (exact) mass is 330 g/mol. The van der Waals surface area contributed by atoms with Crippen molar-refractivity contribution in [3.63, 3.8) is 0 Å². The van der Waals surface area contributed by atoms with E-state index in [0.29, 0.717) is 0 Å². The van der Waals surface area contributed by atoms with Gasteiger partial charge in [0.1, 0.15) is 11.5 Å². The number of aliphatic hydroxyl groups is 2. The van der Waals surface area contributed by atoms with Crippen LogP contribution in [0.4, 0.5) is 0 Å². The smallest absolute Gasteiger partial charge is 0.211 e. The van der Waals surface area contributed by atoms with Gasteiger partial charge in [-0.15, -0.1) is 0 Å². The topological polar surface area (TPSA) is 58.9 Å². The zero-order valence-corrected chi connectivity index (χ0v) is 14.1. The largest absolute Gasteiger partial charge is 0.462 e. The molecule has 2 heterocycles. The van der Waals surface area contributed by atoms with Crippen LogP contribution in [0.5, 0.6) is 11.5 Å². The quantitative estimate of drug-likeness (QED) is 0.766. The van der Waals surface area contributed by atoms with Gasteiger partial charge in [-0.05, 0) is 61.8 Å². The molecule has 1 aromatic carbocycles. The fraction of sp³-hybridized carbons (Fsp3) is 0.700. The van der Waals surface area contributed by atoms with Gasteiger partial charge in [0, 0.05) is 24.7 Å². The molecule has 0 bridgehead atoms. The van der Waals surface area contributed by atoms with Crippen LogP contribution in [0, 0.1) is 11.8 Å². The summed E-state index contributed by atoms with van der Waals surface area (Å²) in [5.41, 5.74) is 2.23. The highest BCUT2D eigenvalue weighted by Crippen LogP contribution is 2.49. The zero-order valence-electron chi connectivity index (χ0n) is 14.1. The van der Waals surface area contributed by atoms with Crippen LogP contribution in [0.1, 0.15) is 62.5 Å². The van der Waals surface area contributed by atoms with Gasteiger partial charge in [0.2, 0.25) is 11.6 Å². The first-order valence-corrected chi connectivity index (χ1v) is 9.54. The highest BCUT2D eigenvalue weighted by molar-refractivity contribution is 5.49. The van der Waals surface area contributed by atoms with Crippen LogP contribution in [0.2, 0.25) is 0 Å². The summed E-state index contributed by atoms with van der Waals surface area (Å²) in [5, 5.41) is 21.8. The molecule has 0 radical (unpaired) electrons. The average molecular weight is 330 g/mol. The normalized spacial score (nSPS) is 40.2. The molecule has 4 atom stereocenters. The van der Waals surface area contributed by atoms with Gasteiger partial charge in [0.15, 0.2) is 0 Å². The highest BCUT2D eigenvalue weighted by atomic mass is 16.6. The second kappa shape index (κ2) is 5.12. The van der Waals surface area contributed by atoms with Crippen molar-refractivity contribution in [2.75, 3.05) is 0 Å². The molecule has 2 aliphatic carbocycles. The van der Waals surface area contributed by atoms with Crippen molar-refractivity contribution in [1.29, 1.82) is 0 Å². The Hall–Kier alpha value is -1.26. The van der Waals surface area contributed by atoms with Gasteiger partial charge in [-0.25, -0.2) is 0 Å². The van der Waals surface area contributed by atoms with Crippen molar-refractivity contribution in [2.45, 2.75) is 75.8 Å². The van der Waals surface area contributed by atoms with Crippen LogP contribution in [0.3, 0.4) is 0 Å². The summed E-state index contributed by atoms with van der Waals surface area (Å²) in [6, 6.07) is 4.11.